The molecule has 1 aromatic heterocycles. The summed E-state index contributed by atoms with van der Waals surface area (Å²) in [6.45, 7) is 2.07. The molecule has 1 heterocycles. The van der Waals surface area contributed by atoms with Gasteiger partial charge in [0.1, 0.15) is 0 Å². The van der Waals surface area contributed by atoms with Gasteiger partial charge in [-0.25, -0.2) is 0 Å². The molecule has 18 heavy (non-hydrogen) atoms. The van der Waals surface area contributed by atoms with Gasteiger partial charge in [0.2, 0.25) is 0 Å². The molecule has 1 aliphatic carbocycles. The molecule has 0 spiro atoms. The highest BCUT2D eigenvalue weighted by atomic mass is 32.1. The highest BCUT2D eigenvalue weighted by Crippen LogP contribution is 2.38. The van der Waals surface area contributed by atoms with E-state index >= 15 is 0 Å². The Hall–Kier alpha value is -0.550. The van der Waals surface area contributed by atoms with Crippen molar-refractivity contribution in [2.75, 3.05) is 0 Å². The van der Waals surface area contributed by atoms with Gasteiger partial charge in [-0.3, -0.25) is 0 Å². The van der Waals surface area contributed by atoms with Crippen LogP contribution < -0.4 is 5.32 Å². The summed E-state index contributed by atoms with van der Waals surface area (Å²) < 4.78 is 37.6. The molecule has 1 N–H and O–H groups in total. The van der Waals surface area contributed by atoms with E-state index in [1.807, 2.05) is 11.4 Å². The molecule has 5 heteroatoms. The fourth-order valence-corrected chi connectivity index (χ4v) is 3.30. The Morgan fingerprint density at radius 3 is 2.44 bits per heavy atom. The molecule has 1 aliphatic rings. The summed E-state index contributed by atoms with van der Waals surface area (Å²) in [7, 11) is 0. The Kier molecular flexibility index (Phi) is 4.33. The van der Waals surface area contributed by atoms with Gasteiger partial charge < -0.3 is 5.32 Å². The van der Waals surface area contributed by atoms with Gasteiger partial charge in [0.15, 0.2) is 0 Å². The van der Waals surface area contributed by atoms with Gasteiger partial charge in [0.05, 0.1) is 5.92 Å². The summed E-state index contributed by atoms with van der Waals surface area (Å²) in [6.07, 6.45) is -2.24. The fraction of sp³-hybridized carbons (Fsp3) is 0.692. The average Bonchev–Trinajstić information content (AvgIpc) is 2.82. The highest BCUT2D eigenvalue weighted by Gasteiger charge is 2.41. The second-order valence-corrected chi connectivity index (χ2v) is 5.97. The normalized spacial score (nSPS) is 27.1. The van der Waals surface area contributed by atoms with E-state index < -0.39 is 12.1 Å². The lowest BCUT2D eigenvalue weighted by Gasteiger charge is -2.32. The van der Waals surface area contributed by atoms with Crippen molar-refractivity contribution in [1.82, 2.24) is 5.32 Å². The maximum atomic E-state index is 12.5. The molecular formula is C13H18F3NS. The van der Waals surface area contributed by atoms with Gasteiger partial charge in [0.25, 0.3) is 0 Å². The fourth-order valence-electron chi connectivity index (χ4n) is 2.56. The molecule has 102 valence electrons. The second-order valence-electron chi connectivity index (χ2n) is 4.99. The Balaban J connectivity index is 1.80. The van der Waals surface area contributed by atoms with Crippen LogP contribution in [0.25, 0.3) is 0 Å². The number of hydrogen-bond acceptors (Lipinski definition) is 2. The lowest BCUT2D eigenvalue weighted by Crippen LogP contribution is -2.37. The number of hydrogen-bond donors (Lipinski definition) is 1. The quantitative estimate of drug-likeness (QED) is 0.856. The lowest BCUT2D eigenvalue weighted by atomic mass is 9.85. The molecule has 1 aromatic rings. The van der Waals surface area contributed by atoms with Gasteiger partial charge >= 0.3 is 6.18 Å². The largest absolute Gasteiger partial charge is 0.391 e. The zero-order valence-corrected chi connectivity index (χ0v) is 11.2. The first-order valence-corrected chi connectivity index (χ1v) is 7.21. The topological polar surface area (TPSA) is 12.0 Å². The van der Waals surface area contributed by atoms with E-state index in [-0.39, 0.29) is 24.9 Å². The number of halogens is 3. The molecule has 0 aromatic carbocycles. The maximum Gasteiger partial charge on any atom is 0.391 e. The minimum absolute atomic E-state index is 0.223. The minimum Gasteiger partial charge on any atom is -0.307 e. The third-order valence-electron chi connectivity index (χ3n) is 3.65. The molecule has 1 atom stereocenters. The van der Waals surface area contributed by atoms with E-state index in [1.165, 1.54) is 4.88 Å². The van der Waals surface area contributed by atoms with Crippen LogP contribution in [0.5, 0.6) is 0 Å². The van der Waals surface area contributed by atoms with E-state index in [2.05, 4.69) is 18.3 Å². The molecule has 0 amide bonds. The monoisotopic (exact) mass is 277 g/mol. The zero-order valence-electron chi connectivity index (χ0n) is 10.3. The summed E-state index contributed by atoms with van der Waals surface area (Å²) >= 11 is 1.68. The van der Waals surface area contributed by atoms with Crippen molar-refractivity contribution in [2.45, 2.75) is 50.9 Å². The van der Waals surface area contributed by atoms with Crippen LogP contribution in [-0.2, 0) is 0 Å². The maximum absolute atomic E-state index is 12.5. The second kappa shape index (κ2) is 5.61. The SMILES string of the molecule is C[C@H](NC1CCC(C(F)(F)F)CC1)c1cccs1. The number of thiophene rings is 1. The third-order valence-corrected chi connectivity index (χ3v) is 4.70. The van der Waals surface area contributed by atoms with Crippen LogP contribution in [-0.4, -0.2) is 12.2 Å². The molecular weight excluding hydrogens is 259 g/mol. The van der Waals surface area contributed by atoms with Crippen LogP contribution in [0.2, 0.25) is 0 Å². The lowest BCUT2D eigenvalue weighted by molar-refractivity contribution is -0.182. The number of nitrogens with one attached hydrogen (secondary N) is 1. The summed E-state index contributed by atoms with van der Waals surface area (Å²) in [5, 5.41) is 5.46. The van der Waals surface area contributed by atoms with Crippen molar-refractivity contribution in [3.05, 3.63) is 22.4 Å². The van der Waals surface area contributed by atoms with Crippen LogP contribution in [0.15, 0.2) is 17.5 Å². The Morgan fingerprint density at radius 1 is 1.28 bits per heavy atom. The van der Waals surface area contributed by atoms with E-state index in [9.17, 15) is 13.2 Å². The first-order chi connectivity index (χ1) is 8.47. The van der Waals surface area contributed by atoms with Crippen molar-refractivity contribution in [3.63, 3.8) is 0 Å². The van der Waals surface area contributed by atoms with Crippen molar-refractivity contribution in [3.8, 4) is 0 Å². The third kappa shape index (κ3) is 3.48. The van der Waals surface area contributed by atoms with Crippen LogP contribution in [0, 0.1) is 5.92 Å². The van der Waals surface area contributed by atoms with Crippen molar-refractivity contribution in [1.29, 1.82) is 0 Å². The summed E-state index contributed by atoms with van der Waals surface area (Å²) in [5.41, 5.74) is 0. The summed E-state index contributed by atoms with van der Waals surface area (Å²) in [4.78, 5) is 1.24. The minimum atomic E-state index is -4.01. The van der Waals surface area contributed by atoms with Crippen molar-refractivity contribution < 1.29 is 13.2 Å². The van der Waals surface area contributed by atoms with Crippen molar-refractivity contribution in [2.24, 2.45) is 5.92 Å². The average molecular weight is 277 g/mol. The van der Waals surface area contributed by atoms with E-state index in [0.29, 0.717) is 12.8 Å². The predicted molar refractivity (Wildman–Crippen MR) is 67.7 cm³/mol. The van der Waals surface area contributed by atoms with E-state index in [0.717, 1.165) is 0 Å². The van der Waals surface area contributed by atoms with Crippen LogP contribution >= 0.6 is 11.3 Å². The molecule has 0 aliphatic heterocycles. The molecule has 1 fully saturated rings. The Morgan fingerprint density at radius 2 is 1.94 bits per heavy atom. The summed E-state index contributed by atoms with van der Waals surface area (Å²) in [5.74, 6) is -1.09. The highest BCUT2D eigenvalue weighted by molar-refractivity contribution is 7.10. The Bertz CT molecular complexity index is 353. The molecule has 1 saturated carbocycles. The molecule has 0 saturated heterocycles. The van der Waals surface area contributed by atoms with E-state index in [4.69, 9.17) is 0 Å². The van der Waals surface area contributed by atoms with Crippen LogP contribution in [0.3, 0.4) is 0 Å². The molecule has 0 radical (unpaired) electrons. The molecule has 0 unspecified atom stereocenters. The first-order valence-electron chi connectivity index (χ1n) is 6.33. The number of rotatable bonds is 3. The van der Waals surface area contributed by atoms with Gasteiger partial charge in [-0.05, 0) is 44.1 Å². The van der Waals surface area contributed by atoms with Gasteiger partial charge in [-0.1, -0.05) is 6.07 Å². The van der Waals surface area contributed by atoms with Crippen LogP contribution in [0.4, 0.5) is 13.2 Å². The smallest absolute Gasteiger partial charge is 0.307 e. The van der Waals surface area contributed by atoms with Crippen molar-refractivity contribution >= 4 is 11.3 Å². The number of alkyl halides is 3. The van der Waals surface area contributed by atoms with Crippen LogP contribution in [0.1, 0.15) is 43.5 Å². The molecule has 2 rings (SSSR count). The predicted octanol–water partition coefficient (Wildman–Crippen LogP) is 4.52. The molecule has 0 bridgehead atoms. The summed E-state index contributed by atoms with van der Waals surface area (Å²) in [6, 6.07) is 4.51. The molecule has 1 nitrogen and oxygen atoms in total. The Labute approximate surface area is 109 Å². The van der Waals surface area contributed by atoms with Gasteiger partial charge in [-0.2, -0.15) is 13.2 Å². The first kappa shape index (κ1) is 13.9. The van der Waals surface area contributed by atoms with Gasteiger partial charge in [0, 0.05) is 17.0 Å². The standard InChI is InChI=1S/C13H18F3NS/c1-9(12-3-2-8-18-12)17-11-6-4-10(5-7-11)13(14,15)16/h2-3,8-11,17H,4-7H2,1H3/t9-,10?,11?/m0/s1. The zero-order chi connectivity index (χ0) is 13.2. The van der Waals surface area contributed by atoms with E-state index in [1.54, 1.807) is 11.3 Å². The van der Waals surface area contributed by atoms with Gasteiger partial charge in [-0.15, -0.1) is 11.3 Å².